The van der Waals surface area contributed by atoms with Crippen LogP contribution in [0.5, 0.6) is 0 Å². The van der Waals surface area contributed by atoms with Crippen molar-refractivity contribution in [2.75, 3.05) is 23.8 Å². The molecule has 2 aromatic rings. The van der Waals surface area contributed by atoms with Crippen LogP contribution in [-0.4, -0.2) is 35.1 Å². The molecule has 1 amide bonds. The lowest BCUT2D eigenvalue weighted by molar-refractivity contribution is -0.142. The number of fused-ring (bicyclic) bond motifs is 1. The van der Waals surface area contributed by atoms with Crippen LogP contribution in [0.1, 0.15) is 36.9 Å². The molecule has 1 atom stereocenters. The molecule has 2 heterocycles. The molecule has 8 heteroatoms. The molecule has 0 fully saturated rings. The highest BCUT2D eigenvalue weighted by atomic mass is 32.1. The molecular formula is C19H23N3O4S. The van der Waals surface area contributed by atoms with E-state index in [4.69, 9.17) is 10.5 Å². The normalized spacial score (nSPS) is 18.9. The third-order valence-corrected chi connectivity index (χ3v) is 5.38. The second-order valence-electron chi connectivity index (χ2n) is 6.85. The van der Waals surface area contributed by atoms with Crippen LogP contribution in [0, 0.1) is 5.92 Å². The van der Waals surface area contributed by atoms with E-state index in [9.17, 15) is 14.7 Å². The van der Waals surface area contributed by atoms with E-state index in [0.717, 1.165) is 11.3 Å². The summed E-state index contributed by atoms with van der Waals surface area (Å²) in [6.45, 7) is 6.43. The Morgan fingerprint density at radius 3 is 2.78 bits per heavy atom. The van der Waals surface area contributed by atoms with Gasteiger partial charge in [-0.3, -0.25) is 9.59 Å². The Labute approximate surface area is 161 Å². The highest BCUT2D eigenvalue weighted by Crippen LogP contribution is 2.47. The maximum Gasteiger partial charge on any atom is 0.311 e. The number of anilines is 2. The molecular weight excluding hydrogens is 366 g/mol. The second-order valence-corrected chi connectivity index (χ2v) is 7.88. The Hall–Kier alpha value is -2.45. The monoisotopic (exact) mass is 389 g/mol. The number of ether oxygens (including phenoxy) is 1. The summed E-state index contributed by atoms with van der Waals surface area (Å²) in [6, 6.07) is 7.12. The minimum atomic E-state index is -1.91. The molecule has 0 spiro atoms. The summed E-state index contributed by atoms with van der Waals surface area (Å²) in [5, 5.41) is 11.8. The number of nitrogens with zero attached hydrogens (tertiary/aromatic N) is 2. The van der Waals surface area contributed by atoms with Crippen LogP contribution >= 0.6 is 11.3 Å². The zero-order valence-corrected chi connectivity index (χ0v) is 16.4. The average molecular weight is 389 g/mol. The van der Waals surface area contributed by atoms with Crippen molar-refractivity contribution < 1.29 is 19.4 Å². The van der Waals surface area contributed by atoms with Gasteiger partial charge < -0.3 is 20.5 Å². The lowest BCUT2D eigenvalue weighted by Crippen LogP contribution is -2.42. The molecule has 0 saturated carbocycles. The molecule has 1 aromatic heterocycles. The molecule has 7 nitrogen and oxygen atoms in total. The number of nitrogen functional groups attached to an aromatic ring is 1. The van der Waals surface area contributed by atoms with Gasteiger partial charge in [0.2, 0.25) is 5.60 Å². The van der Waals surface area contributed by atoms with Gasteiger partial charge in [-0.2, -0.15) is 0 Å². The average Bonchev–Trinajstić information content (AvgIpc) is 3.07. The number of hydrogen-bond acceptors (Lipinski definition) is 7. The molecule has 0 bridgehead atoms. The molecule has 144 valence electrons. The summed E-state index contributed by atoms with van der Waals surface area (Å²) in [4.78, 5) is 31.3. The number of carbonyl (C=O) groups excluding carboxylic acids is 2. The summed E-state index contributed by atoms with van der Waals surface area (Å²) in [7, 11) is 0. The Morgan fingerprint density at radius 1 is 1.41 bits per heavy atom. The second kappa shape index (κ2) is 7.28. The van der Waals surface area contributed by atoms with Crippen LogP contribution in [0.15, 0.2) is 24.3 Å². The summed E-state index contributed by atoms with van der Waals surface area (Å²) >= 11 is 1.02. The zero-order chi connectivity index (χ0) is 19.8. The Balaban J connectivity index is 2.11. The van der Waals surface area contributed by atoms with Gasteiger partial charge in [-0.15, -0.1) is 0 Å². The van der Waals surface area contributed by atoms with Crippen LogP contribution in [0.2, 0.25) is 0 Å². The fraction of sp³-hybridized carbons (Fsp3) is 0.421. The molecule has 27 heavy (non-hydrogen) atoms. The van der Waals surface area contributed by atoms with Crippen LogP contribution in [0.4, 0.5) is 10.8 Å². The lowest BCUT2D eigenvalue weighted by atomic mass is 9.92. The van der Waals surface area contributed by atoms with Gasteiger partial charge in [-0.1, -0.05) is 43.4 Å². The van der Waals surface area contributed by atoms with Crippen molar-refractivity contribution in [3.05, 3.63) is 40.4 Å². The summed E-state index contributed by atoms with van der Waals surface area (Å²) in [5.74, 6) is -0.716. The van der Waals surface area contributed by atoms with Gasteiger partial charge in [0.1, 0.15) is 0 Å². The standard InChI is InChI=1S/C19H23N3O4S/c1-4-26-15(23)9-13-16(27-18(20)21-13)19(25)12-7-5-6-8-14(12)22(17(19)24)10-11(2)3/h5-8,11,25H,4,9-10H2,1-3H3,(H2,20,21)/t19-/m0/s1. The van der Waals surface area contributed by atoms with Gasteiger partial charge >= 0.3 is 5.97 Å². The third-order valence-electron chi connectivity index (χ3n) is 4.35. The maximum atomic E-state index is 13.3. The number of benzene rings is 1. The predicted molar refractivity (Wildman–Crippen MR) is 103 cm³/mol. The van der Waals surface area contributed by atoms with Crippen molar-refractivity contribution in [3.63, 3.8) is 0 Å². The molecule has 1 aliphatic rings. The fourth-order valence-corrected chi connectivity index (χ4v) is 4.27. The van der Waals surface area contributed by atoms with E-state index in [0.29, 0.717) is 17.8 Å². The first-order valence-corrected chi connectivity index (χ1v) is 9.65. The van der Waals surface area contributed by atoms with Gasteiger partial charge in [0, 0.05) is 12.1 Å². The number of amides is 1. The van der Waals surface area contributed by atoms with Gasteiger partial charge in [0.05, 0.1) is 29.3 Å². The summed E-state index contributed by atoms with van der Waals surface area (Å²) in [6.07, 6.45) is -0.154. The van der Waals surface area contributed by atoms with E-state index in [1.165, 1.54) is 0 Å². The van der Waals surface area contributed by atoms with Gasteiger partial charge in [-0.05, 0) is 18.9 Å². The van der Waals surface area contributed by atoms with Crippen molar-refractivity contribution in [2.45, 2.75) is 32.8 Å². The summed E-state index contributed by atoms with van der Waals surface area (Å²) in [5.41, 5.74) is 5.35. The lowest BCUT2D eigenvalue weighted by Gasteiger charge is -2.24. The molecule has 3 N–H and O–H groups in total. The van der Waals surface area contributed by atoms with Crippen LogP contribution in [0.3, 0.4) is 0 Å². The smallest absolute Gasteiger partial charge is 0.311 e. The first-order valence-electron chi connectivity index (χ1n) is 8.84. The molecule has 0 unspecified atom stereocenters. The predicted octanol–water partition coefficient (Wildman–Crippen LogP) is 2.07. The SMILES string of the molecule is CCOC(=O)Cc1nc(N)sc1[C@]1(O)C(=O)N(CC(C)C)c2ccccc21. The van der Waals surface area contributed by atoms with E-state index in [-0.39, 0.29) is 34.6 Å². The van der Waals surface area contributed by atoms with Crippen LogP contribution < -0.4 is 10.6 Å². The van der Waals surface area contributed by atoms with Crippen molar-refractivity contribution in [3.8, 4) is 0 Å². The van der Waals surface area contributed by atoms with Crippen molar-refractivity contribution in [1.29, 1.82) is 0 Å². The highest BCUT2D eigenvalue weighted by Gasteiger charge is 2.53. The number of rotatable bonds is 6. The first-order chi connectivity index (χ1) is 12.8. The number of para-hydroxylation sites is 1. The van der Waals surface area contributed by atoms with Gasteiger partial charge in [-0.25, -0.2) is 4.98 Å². The quantitative estimate of drug-likeness (QED) is 0.733. The number of esters is 1. The zero-order valence-electron chi connectivity index (χ0n) is 15.6. The first kappa shape index (κ1) is 19.3. The number of aliphatic hydroxyl groups is 1. The minimum absolute atomic E-state index is 0.154. The molecule has 0 radical (unpaired) electrons. The van der Waals surface area contributed by atoms with Crippen molar-refractivity contribution in [2.24, 2.45) is 5.92 Å². The molecule has 3 rings (SSSR count). The summed E-state index contributed by atoms with van der Waals surface area (Å²) < 4.78 is 4.98. The number of carbonyl (C=O) groups is 2. The van der Waals surface area contributed by atoms with Crippen molar-refractivity contribution in [1.82, 2.24) is 4.98 Å². The topological polar surface area (TPSA) is 106 Å². The van der Waals surface area contributed by atoms with Gasteiger partial charge in [0.15, 0.2) is 5.13 Å². The fourth-order valence-electron chi connectivity index (χ4n) is 3.32. The van der Waals surface area contributed by atoms with E-state index in [1.807, 2.05) is 26.0 Å². The Kier molecular flexibility index (Phi) is 5.21. The molecule has 0 aliphatic carbocycles. The molecule has 0 saturated heterocycles. The highest BCUT2D eigenvalue weighted by molar-refractivity contribution is 7.15. The van der Waals surface area contributed by atoms with Crippen molar-refractivity contribution >= 4 is 34.0 Å². The van der Waals surface area contributed by atoms with Crippen LogP contribution in [0.25, 0.3) is 0 Å². The van der Waals surface area contributed by atoms with E-state index in [1.54, 1.807) is 24.0 Å². The number of nitrogens with two attached hydrogens (primary N) is 1. The number of aromatic nitrogens is 1. The number of hydrogen-bond donors (Lipinski definition) is 2. The van der Waals surface area contributed by atoms with Crippen LogP contribution in [-0.2, 0) is 26.3 Å². The Bertz CT molecular complexity index is 880. The van der Waals surface area contributed by atoms with E-state index < -0.39 is 17.5 Å². The largest absolute Gasteiger partial charge is 0.466 e. The Morgan fingerprint density at radius 2 is 2.11 bits per heavy atom. The maximum absolute atomic E-state index is 13.3. The third kappa shape index (κ3) is 3.30. The van der Waals surface area contributed by atoms with E-state index in [2.05, 4.69) is 4.98 Å². The molecule has 1 aliphatic heterocycles. The number of thiazole rings is 1. The van der Waals surface area contributed by atoms with E-state index >= 15 is 0 Å². The molecule has 1 aromatic carbocycles. The minimum Gasteiger partial charge on any atom is -0.466 e. The van der Waals surface area contributed by atoms with Gasteiger partial charge in [0.25, 0.3) is 5.91 Å².